The van der Waals surface area contributed by atoms with Crippen molar-refractivity contribution in [3.63, 3.8) is 0 Å². The van der Waals surface area contributed by atoms with Crippen molar-refractivity contribution in [2.75, 3.05) is 22.8 Å². The van der Waals surface area contributed by atoms with Crippen molar-refractivity contribution in [2.24, 2.45) is 5.73 Å². The van der Waals surface area contributed by atoms with Crippen molar-refractivity contribution in [1.82, 2.24) is 19.5 Å². The number of hydrogen-bond acceptors (Lipinski definition) is 7. The first-order chi connectivity index (χ1) is 17.1. The zero-order valence-electron chi connectivity index (χ0n) is 20.2. The Morgan fingerprint density at radius 1 is 1.22 bits per heavy atom. The summed E-state index contributed by atoms with van der Waals surface area (Å²) in [6.45, 7) is 2.52. The number of sulfonamides is 1. The molecule has 1 saturated carbocycles. The van der Waals surface area contributed by atoms with Crippen LogP contribution in [0, 0.1) is 6.92 Å². The van der Waals surface area contributed by atoms with Crippen LogP contribution in [-0.2, 0) is 10.0 Å². The molecule has 1 atom stereocenters. The van der Waals surface area contributed by atoms with Gasteiger partial charge < -0.3 is 16.0 Å². The second-order valence-electron chi connectivity index (χ2n) is 9.79. The Bertz CT molecular complexity index is 1420. The number of rotatable bonds is 6. The summed E-state index contributed by atoms with van der Waals surface area (Å²) >= 11 is 6.18. The molecule has 1 saturated heterocycles. The number of nitrogens with one attached hydrogen (secondary N) is 2. The van der Waals surface area contributed by atoms with E-state index in [1.165, 1.54) is 12.1 Å². The van der Waals surface area contributed by atoms with Crippen LogP contribution < -0.4 is 15.8 Å². The van der Waals surface area contributed by atoms with Gasteiger partial charge in [0.2, 0.25) is 10.0 Å². The predicted octanol–water partition coefficient (Wildman–Crippen LogP) is 3.33. The number of likely N-dealkylation sites (tertiary alicyclic amines) is 1. The van der Waals surface area contributed by atoms with E-state index in [1.54, 1.807) is 15.5 Å². The van der Waals surface area contributed by atoms with E-state index in [4.69, 9.17) is 27.4 Å². The van der Waals surface area contributed by atoms with E-state index in [1.807, 2.05) is 19.2 Å². The number of aromatic nitrogens is 3. The number of benzene rings is 1. The largest absolute Gasteiger partial charge is 0.367 e. The number of nitrogens with two attached hydrogens (primary N) is 1. The van der Waals surface area contributed by atoms with E-state index in [2.05, 4.69) is 10.0 Å². The van der Waals surface area contributed by atoms with Crippen molar-refractivity contribution < 1.29 is 13.2 Å². The van der Waals surface area contributed by atoms with E-state index in [9.17, 15) is 13.2 Å². The Balaban J connectivity index is 1.45. The third kappa shape index (κ3) is 5.14. The Morgan fingerprint density at radius 3 is 2.72 bits per heavy atom. The van der Waals surface area contributed by atoms with Crippen molar-refractivity contribution in [3.05, 3.63) is 52.3 Å². The second-order valence-corrected chi connectivity index (χ2v) is 12.0. The van der Waals surface area contributed by atoms with Crippen LogP contribution in [-0.4, -0.2) is 58.7 Å². The highest BCUT2D eigenvalue weighted by molar-refractivity contribution is 7.92. The van der Waals surface area contributed by atoms with Crippen LogP contribution in [0.4, 0.5) is 11.5 Å². The third-order valence-electron chi connectivity index (χ3n) is 6.78. The molecular weight excluding hydrogens is 502 g/mol. The minimum atomic E-state index is -3.58. The Kier molecular flexibility index (Phi) is 6.56. The molecule has 1 aliphatic carbocycles. The summed E-state index contributed by atoms with van der Waals surface area (Å²) in [5.74, 6) is 0.524. The molecular formula is C24H30ClN7O3S. The summed E-state index contributed by atoms with van der Waals surface area (Å²) in [4.78, 5) is 20.3. The maximum absolute atomic E-state index is 13.7. The minimum absolute atomic E-state index is 0.204. The Hall–Kier alpha value is -2.89. The second kappa shape index (κ2) is 9.53. The molecule has 1 amide bonds. The maximum atomic E-state index is 13.7. The molecule has 0 bridgehead atoms. The van der Waals surface area contributed by atoms with Crippen LogP contribution in [0.5, 0.6) is 0 Å². The van der Waals surface area contributed by atoms with Crippen LogP contribution in [0.3, 0.4) is 0 Å². The average Bonchev–Trinajstić information content (AvgIpc) is 3.20. The standard InChI is InChI=1S/C24H30ClN7O3S/c1-14-13-32-22(28-23(14)27-17-10-16(26)11-17)12-20(29-32)21-5-3-4-8-31(21)24(33)18-9-15(25)6-7-19(18)30-36(2,34)35/h6-7,9,12-13,16-17,21,30H,3-5,8,10-11,26H2,1-2H3,(H,27,28)/t16?,17?,21-/m0/s1. The summed E-state index contributed by atoms with van der Waals surface area (Å²) in [6.07, 6.45) is 7.38. The zero-order valence-corrected chi connectivity index (χ0v) is 21.8. The lowest BCUT2D eigenvalue weighted by Crippen LogP contribution is -2.44. The van der Waals surface area contributed by atoms with Crippen molar-refractivity contribution in [3.8, 4) is 0 Å². The van der Waals surface area contributed by atoms with Crippen LogP contribution in [0.15, 0.2) is 30.5 Å². The highest BCUT2D eigenvalue weighted by Crippen LogP contribution is 2.34. The van der Waals surface area contributed by atoms with E-state index >= 15 is 0 Å². The summed E-state index contributed by atoms with van der Waals surface area (Å²) in [5, 5.41) is 8.59. The van der Waals surface area contributed by atoms with Gasteiger partial charge in [0.1, 0.15) is 5.82 Å². The van der Waals surface area contributed by atoms with Gasteiger partial charge in [0.15, 0.2) is 5.65 Å². The number of fused-ring (bicyclic) bond motifs is 1. The number of piperidine rings is 1. The number of aryl methyl sites for hydroxylation is 1. The highest BCUT2D eigenvalue weighted by Gasteiger charge is 2.32. The molecule has 0 radical (unpaired) electrons. The number of nitrogens with zero attached hydrogens (tertiary/aromatic N) is 4. The molecule has 10 nitrogen and oxygen atoms in total. The Labute approximate surface area is 215 Å². The third-order valence-corrected chi connectivity index (χ3v) is 7.60. The smallest absolute Gasteiger partial charge is 0.256 e. The molecule has 3 heterocycles. The number of halogens is 1. The van der Waals surface area contributed by atoms with Crippen LogP contribution in [0.2, 0.25) is 5.02 Å². The quantitative estimate of drug-likeness (QED) is 0.444. The summed E-state index contributed by atoms with van der Waals surface area (Å²) in [7, 11) is -3.58. The molecule has 2 aliphatic rings. The lowest BCUT2D eigenvalue weighted by molar-refractivity contribution is 0.0607. The Morgan fingerprint density at radius 2 is 2.00 bits per heavy atom. The SMILES string of the molecule is Cc1cn2nc([C@@H]3CCCCN3C(=O)c3cc(Cl)ccc3NS(C)(=O)=O)cc2nc1NC1CC(N)C1. The molecule has 4 N–H and O–H groups in total. The number of carbonyl (C=O) groups excluding carboxylic acids is 1. The molecule has 3 aromatic rings. The molecule has 0 spiro atoms. The lowest BCUT2D eigenvalue weighted by Gasteiger charge is -2.35. The zero-order chi connectivity index (χ0) is 25.6. The molecule has 1 aromatic carbocycles. The first-order valence-corrected chi connectivity index (χ1v) is 14.3. The van der Waals surface area contributed by atoms with Gasteiger partial charge in [-0.15, -0.1) is 0 Å². The number of carbonyl (C=O) groups is 1. The highest BCUT2D eigenvalue weighted by atomic mass is 35.5. The van der Waals surface area contributed by atoms with E-state index in [0.29, 0.717) is 23.3 Å². The van der Waals surface area contributed by atoms with Gasteiger partial charge in [-0.1, -0.05) is 11.6 Å². The van der Waals surface area contributed by atoms with Crippen molar-refractivity contribution >= 4 is 44.7 Å². The van der Waals surface area contributed by atoms with Gasteiger partial charge in [0, 0.05) is 41.5 Å². The molecule has 12 heteroatoms. The number of amides is 1. The molecule has 192 valence electrons. The fourth-order valence-electron chi connectivity index (χ4n) is 4.93. The summed E-state index contributed by atoms with van der Waals surface area (Å²) < 4.78 is 27.9. The van der Waals surface area contributed by atoms with Crippen molar-refractivity contribution in [2.45, 2.75) is 57.2 Å². The molecule has 0 unspecified atom stereocenters. The summed E-state index contributed by atoms with van der Waals surface area (Å²) in [6, 6.07) is 6.79. The summed E-state index contributed by atoms with van der Waals surface area (Å²) in [5.41, 5.74) is 8.75. The molecule has 1 aliphatic heterocycles. The van der Waals surface area contributed by atoms with E-state index in [-0.39, 0.29) is 29.2 Å². The fraction of sp³-hybridized carbons (Fsp3) is 0.458. The molecule has 5 rings (SSSR count). The van der Waals surface area contributed by atoms with Gasteiger partial charge in [-0.25, -0.2) is 17.9 Å². The van der Waals surface area contributed by atoms with Gasteiger partial charge in [-0.05, 0) is 57.2 Å². The van der Waals surface area contributed by atoms with E-state index < -0.39 is 10.0 Å². The van der Waals surface area contributed by atoms with E-state index in [0.717, 1.165) is 55.4 Å². The number of anilines is 2. The number of hydrogen-bond donors (Lipinski definition) is 3. The normalized spacial score (nSPS) is 22.3. The first-order valence-electron chi connectivity index (χ1n) is 12.0. The van der Waals surface area contributed by atoms with Crippen LogP contribution in [0.1, 0.15) is 59.8 Å². The van der Waals surface area contributed by atoms with Gasteiger partial charge in [0.25, 0.3) is 5.91 Å². The topological polar surface area (TPSA) is 135 Å². The van der Waals surface area contributed by atoms with Gasteiger partial charge >= 0.3 is 0 Å². The lowest BCUT2D eigenvalue weighted by atomic mass is 9.87. The van der Waals surface area contributed by atoms with Gasteiger partial charge in [0.05, 0.1) is 29.2 Å². The van der Waals surface area contributed by atoms with Crippen LogP contribution in [0.25, 0.3) is 5.65 Å². The van der Waals surface area contributed by atoms with Gasteiger partial charge in [-0.3, -0.25) is 9.52 Å². The monoisotopic (exact) mass is 531 g/mol. The first kappa shape index (κ1) is 24.8. The van der Waals surface area contributed by atoms with Crippen molar-refractivity contribution in [1.29, 1.82) is 0 Å². The molecule has 36 heavy (non-hydrogen) atoms. The molecule has 2 fully saturated rings. The maximum Gasteiger partial charge on any atom is 0.256 e. The minimum Gasteiger partial charge on any atom is -0.367 e. The predicted molar refractivity (Wildman–Crippen MR) is 140 cm³/mol. The van der Waals surface area contributed by atoms with Crippen LogP contribution >= 0.6 is 11.6 Å². The average molecular weight is 532 g/mol. The van der Waals surface area contributed by atoms with Gasteiger partial charge in [-0.2, -0.15) is 5.10 Å². The fourth-order valence-corrected chi connectivity index (χ4v) is 5.68. The molecule has 2 aromatic heterocycles.